The number of hydrogen-bond acceptors (Lipinski definition) is 3. The highest BCUT2D eigenvalue weighted by molar-refractivity contribution is 5.78. The summed E-state index contributed by atoms with van der Waals surface area (Å²) in [4.78, 5) is 15.6. The van der Waals surface area contributed by atoms with E-state index in [1.165, 1.54) is 0 Å². The Morgan fingerprint density at radius 1 is 1.40 bits per heavy atom. The number of fused-ring (bicyclic) bond motifs is 2. The van der Waals surface area contributed by atoms with Crippen LogP contribution >= 0.6 is 0 Å². The van der Waals surface area contributed by atoms with E-state index in [-0.39, 0.29) is 18.1 Å². The number of amides is 1. The lowest BCUT2D eigenvalue weighted by atomic mass is 10.1. The van der Waals surface area contributed by atoms with Gasteiger partial charge in [0.25, 0.3) is 0 Å². The number of carbonyl (C=O) groups excluding carboxylic acids is 1. The summed E-state index contributed by atoms with van der Waals surface area (Å²) in [5, 5.41) is 4.34. The number of nitrogens with zero attached hydrogens (tertiary/aromatic N) is 3. The van der Waals surface area contributed by atoms with E-state index in [4.69, 9.17) is 4.74 Å². The maximum absolute atomic E-state index is 11.8. The van der Waals surface area contributed by atoms with Gasteiger partial charge in [-0.05, 0) is 14.1 Å². The zero-order valence-electron chi connectivity index (χ0n) is 9.35. The lowest BCUT2D eigenvalue weighted by molar-refractivity contribution is -0.150. The molecule has 2 saturated heterocycles. The molecule has 5 nitrogen and oxygen atoms in total. The molecule has 0 aromatic rings. The van der Waals surface area contributed by atoms with Gasteiger partial charge in [0.1, 0.15) is 0 Å². The molecule has 0 aliphatic carbocycles. The average molecular weight is 212 g/mol. The normalized spacial score (nSPS) is 30.7. The molecule has 1 radical (unpaired) electrons. The zero-order chi connectivity index (χ0) is 10.8. The first-order chi connectivity index (χ1) is 7.15. The van der Waals surface area contributed by atoms with Crippen LogP contribution in [0.25, 0.3) is 0 Å². The molecule has 2 fully saturated rings. The molecule has 2 bridgehead atoms. The Bertz CT molecular complexity index is 233. The summed E-state index contributed by atoms with van der Waals surface area (Å²) in [5.41, 5.74) is 0. The number of rotatable bonds is 2. The molecule has 0 N–H and O–H groups in total. The van der Waals surface area contributed by atoms with Gasteiger partial charge in [-0.2, -0.15) is 0 Å². The van der Waals surface area contributed by atoms with Gasteiger partial charge >= 0.3 is 0 Å². The third-order valence-corrected chi connectivity index (χ3v) is 2.70. The minimum atomic E-state index is 0.128. The molecular formula is C10H18N3O2. The lowest BCUT2D eigenvalue weighted by Gasteiger charge is -2.41. The van der Waals surface area contributed by atoms with Crippen LogP contribution in [0, 0.1) is 0 Å². The molecule has 2 aliphatic rings. The molecule has 0 aromatic carbocycles. The zero-order valence-corrected chi connectivity index (χ0v) is 9.35. The van der Waals surface area contributed by atoms with Gasteiger partial charge in [-0.1, -0.05) is 0 Å². The molecular weight excluding hydrogens is 194 g/mol. The second-order valence-corrected chi connectivity index (χ2v) is 4.51. The fourth-order valence-electron chi connectivity index (χ4n) is 2.06. The molecule has 15 heavy (non-hydrogen) atoms. The van der Waals surface area contributed by atoms with Crippen molar-refractivity contribution in [1.29, 1.82) is 0 Å². The van der Waals surface area contributed by atoms with Crippen LogP contribution < -0.4 is 5.32 Å². The van der Waals surface area contributed by atoms with E-state index in [1.54, 1.807) is 0 Å². The lowest BCUT2D eigenvalue weighted by Crippen LogP contribution is -2.58. The summed E-state index contributed by atoms with van der Waals surface area (Å²) in [6.45, 7) is 3.36. The first-order valence-corrected chi connectivity index (χ1v) is 5.36. The maximum Gasteiger partial charge on any atom is 0.236 e. The van der Waals surface area contributed by atoms with E-state index in [0.29, 0.717) is 19.6 Å². The predicted molar refractivity (Wildman–Crippen MR) is 55.7 cm³/mol. The summed E-state index contributed by atoms with van der Waals surface area (Å²) >= 11 is 0. The second-order valence-electron chi connectivity index (χ2n) is 4.51. The van der Waals surface area contributed by atoms with Gasteiger partial charge in [0.15, 0.2) is 0 Å². The number of carbonyl (C=O) groups is 1. The highest BCUT2D eigenvalue weighted by Gasteiger charge is 2.33. The van der Waals surface area contributed by atoms with Crippen molar-refractivity contribution >= 4 is 5.91 Å². The maximum atomic E-state index is 11.8. The number of ether oxygens (including phenoxy) is 1. The Labute approximate surface area is 90.4 Å². The molecule has 85 valence electrons. The van der Waals surface area contributed by atoms with Gasteiger partial charge in [-0.3, -0.25) is 4.79 Å². The van der Waals surface area contributed by atoms with Crippen LogP contribution in [0.4, 0.5) is 0 Å². The van der Waals surface area contributed by atoms with Gasteiger partial charge in [-0.15, -0.1) is 0 Å². The van der Waals surface area contributed by atoms with Crippen molar-refractivity contribution in [3.05, 3.63) is 0 Å². The minimum Gasteiger partial charge on any atom is -0.369 e. The topological polar surface area (TPSA) is 46.9 Å². The summed E-state index contributed by atoms with van der Waals surface area (Å²) in [5.74, 6) is 0.195. The monoisotopic (exact) mass is 212 g/mol. The molecule has 0 spiro atoms. The van der Waals surface area contributed by atoms with E-state index >= 15 is 0 Å². The van der Waals surface area contributed by atoms with Crippen molar-refractivity contribution < 1.29 is 9.53 Å². The quantitative estimate of drug-likeness (QED) is 0.575. The Morgan fingerprint density at radius 3 is 2.53 bits per heavy atom. The number of likely N-dealkylation sites (N-methyl/N-ethyl adjacent to an activating group) is 1. The van der Waals surface area contributed by atoms with Gasteiger partial charge in [-0.25, -0.2) is 5.32 Å². The summed E-state index contributed by atoms with van der Waals surface area (Å²) < 4.78 is 5.71. The van der Waals surface area contributed by atoms with Crippen molar-refractivity contribution in [2.24, 2.45) is 0 Å². The first kappa shape index (κ1) is 10.9. The van der Waals surface area contributed by atoms with Gasteiger partial charge in [0.05, 0.1) is 18.8 Å². The Balaban J connectivity index is 1.90. The van der Waals surface area contributed by atoms with Crippen molar-refractivity contribution in [3.8, 4) is 0 Å². The molecule has 1 amide bonds. The third kappa shape index (κ3) is 2.68. The standard InChI is InChI=1S/C10H18N3O2/c1-12(2)7-10(14)13-5-8-3-11-4-9(6-13)15-8/h8-9H,3-7H2,1-2H3. The molecule has 0 aromatic heterocycles. The fraction of sp³-hybridized carbons (Fsp3) is 0.900. The highest BCUT2D eigenvalue weighted by Crippen LogP contribution is 2.14. The Hall–Kier alpha value is -0.650. The largest absolute Gasteiger partial charge is 0.369 e. The predicted octanol–water partition coefficient (Wildman–Crippen LogP) is -1.24. The Morgan fingerprint density at radius 2 is 2.00 bits per heavy atom. The molecule has 5 heteroatoms. The van der Waals surface area contributed by atoms with Crippen LogP contribution in [0.5, 0.6) is 0 Å². The van der Waals surface area contributed by atoms with Crippen molar-refractivity contribution in [2.75, 3.05) is 46.8 Å². The summed E-state index contributed by atoms with van der Waals surface area (Å²) in [7, 11) is 3.82. The SMILES string of the molecule is CN(C)CC(=O)N1CC2C[N]CC(C1)O2. The fourth-order valence-corrected chi connectivity index (χ4v) is 2.06. The van der Waals surface area contributed by atoms with Crippen LogP contribution in [0.15, 0.2) is 0 Å². The van der Waals surface area contributed by atoms with Crippen molar-refractivity contribution in [2.45, 2.75) is 12.2 Å². The minimum absolute atomic E-state index is 0.128. The van der Waals surface area contributed by atoms with E-state index in [9.17, 15) is 4.79 Å². The van der Waals surface area contributed by atoms with Crippen LogP contribution in [0.2, 0.25) is 0 Å². The van der Waals surface area contributed by atoms with E-state index in [2.05, 4.69) is 5.32 Å². The molecule has 0 saturated carbocycles. The Kier molecular flexibility index (Phi) is 3.23. The first-order valence-electron chi connectivity index (χ1n) is 5.36. The number of morpholine rings is 2. The van der Waals surface area contributed by atoms with Crippen LogP contribution in [-0.4, -0.2) is 74.7 Å². The van der Waals surface area contributed by atoms with Crippen LogP contribution in [0.3, 0.4) is 0 Å². The van der Waals surface area contributed by atoms with Crippen LogP contribution in [-0.2, 0) is 9.53 Å². The molecule has 2 rings (SSSR count). The highest BCUT2D eigenvalue weighted by atomic mass is 16.5. The van der Waals surface area contributed by atoms with Crippen molar-refractivity contribution in [1.82, 2.24) is 15.1 Å². The van der Waals surface area contributed by atoms with Gasteiger partial charge in [0, 0.05) is 26.2 Å². The molecule has 2 aliphatic heterocycles. The molecule has 2 atom stereocenters. The van der Waals surface area contributed by atoms with E-state index in [0.717, 1.165) is 13.1 Å². The molecule has 2 heterocycles. The van der Waals surface area contributed by atoms with Crippen LogP contribution in [0.1, 0.15) is 0 Å². The smallest absolute Gasteiger partial charge is 0.236 e. The van der Waals surface area contributed by atoms with Crippen molar-refractivity contribution in [3.63, 3.8) is 0 Å². The average Bonchev–Trinajstić information content (AvgIpc) is 2.16. The number of hydrogen-bond donors (Lipinski definition) is 0. The van der Waals surface area contributed by atoms with Gasteiger partial charge < -0.3 is 14.5 Å². The summed E-state index contributed by atoms with van der Waals surface area (Å²) in [6.07, 6.45) is 0.257. The third-order valence-electron chi connectivity index (χ3n) is 2.70. The second kappa shape index (κ2) is 4.47. The van der Waals surface area contributed by atoms with E-state index in [1.807, 2.05) is 23.9 Å². The molecule has 2 unspecified atom stereocenters. The summed E-state index contributed by atoms with van der Waals surface area (Å²) in [6, 6.07) is 0. The van der Waals surface area contributed by atoms with Gasteiger partial charge in [0.2, 0.25) is 5.91 Å². The van der Waals surface area contributed by atoms with E-state index < -0.39 is 0 Å².